The summed E-state index contributed by atoms with van der Waals surface area (Å²) in [5, 5.41) is 3.12. The van der Waals surface area contributed by atoms with Gasteiger partial charge in [-0.15, -0.1) is 0 Å². The molecule has 12 heavy (non-hydrogen) atoms. The molecule has 72 valence electrons. The molecule has 1 aliphatic heterocycles. The van der Waals surface area contributed by atoms with Gasteiger partial charge in [-0.05, 0) is 26.8 Å². The van der Waals surface area contributed by atoms with Crippen LogP contribution in [0.4, 0.5) is 0 Å². The van der Waals surface area contributed by atoms with Crippen LogP contribution in [0.15, 0.2) is 0 Å². The van der Waals surface area contributed by atoms with Crippen molar-refractivity contribution in [3.05, 3.63) is 0 Å². The highest BCUT2D eigenvalue weighted by molar-refractivity contribution is 4.74. The van der Waals surface area contributed by atoms with Crippen LogP contribution in [0.3, 0.4) is 0 Å². The second-order valence-corrected chi connectivity index (χ2v) is 3.17. The number of rotatable bonds is 5. The normalized spacial score (nSPS) is 29.5. The van der Waals surface area contributed by atoms with Crippen molar-refractivity contribution in [1.29, 1.82) is 0 Å². The maximum Gasteiger partial charge on any atom is 0.0813 e. The van der Waals surface area contributed by atoms with Gasteiger partial charge in [-0.2, -0.15) is 0 Å². The fourth-order valence-corrected chi connectivity index (χ4v) is 1.53. The van der Waals surface area contributed by atoms with Gasteiger partial charge in [-0.25, -0.2) is 0 Å². The Labute approximate surface area is 74.4 Å². The third-order valence-corrected chi connectivity index (χ3v) is 2.14. The first kappa shape index (κ1) is 9.96. The van der Waals surface area contributed by atoms with Crippen LogP contribution >= 0.6 is 0 Å². The maximum absolute atomic E-state index is 5.72. The molecule has 1 heterocycles. The van der Waals surface area contributed by atoms with E-state index in [2.05, 4.69) is 5.32 Å². The van der Waals surface area contributed by atoms with Gasteiger partial charge in [0.15, 0.2) is 0 Å². The van der Waals surface area contributed by atoms with Crippen molar-refractivity contribution >= 4 is 0 Å². The minimum Gasteiger partial charge on any atom is -0.379 e. The Morgan fingerprint density at radius 1 is 1.42 bits per heavy atom. The molecule has 3 heteroatoms. The molecule has 2 unspecified atom stereocenters. The van der Waals surface area contributed by atoms with Gasteiger partial charge >= 0.3 is 0 Å². The molecule has 0 bridgehead atoms. The average Bonchev–Trinajstić information content (AvgIpc) is 2.50. The first-order chi connectivity index (χ1) is 5.86. The monoisotopic (exact) mass is 173 g/mol. The molecule has 0 radical (unpaired) electrons. The van der Waals surface area contributed by atoms with E-state index in [1.165, 1.54) is 6.42 Å². The highest BCUT2D eigenvalue weighted by Crippen LogP contribution is 2.19. The summed E-state index contributed by atoms with van der Waals surface area (Å²) in [7, 11) is 1.96. The number of likely N-dealkylation sites (N-methyl/N-ethyl adjacent to an activating group) is 1. The molecule has 0 aromatic rings. The van der Waals surface area contributed by atoms with Gasteiger partial charge in [0.05, 0.1) is 18.8 Å². The molecule has 0 saturated carbocycles. The molecule has 0 spiro atoms. The van der Waals surface area contributed by atoms with Crippen LogP contribution in [0, 0.1) is 0 Å². The molecule has 0 amide bonds. The van der Waals surface area contributed by atoms with E-state index in [4.69, 9.17) is 9.47 Å². The molecular formula is C9H19NO2. The van der Waals surface area contributed by atoms with Gasteiger partial charge < -0.3 is 14.8 Å². The molecular weight excluding hydrogens is 154 g/mol. The van der Waals surface area contributed by atoms with Crippen LogP contribution < -0.4 is 5.32 Å². The van der Waals surface area contributed by atoms with E-state index in [0.29, 0.717) is 12.2 Å². The first-order valence-corrected chi connectivity index (χ1v) is 4.74. The lowest BCUT2D eigenvalue weighted by atomic mass is 10.2. The van der Waals surface area contributed by atoms with Crippen LogP contribution in [0.2, 0.25) is 0 Å². The molecule has 0 aromatic carbocycles. The Morgan fingerprint density at radius 2 is 2.17 bits per heavy atom. The fraction of sp³-hybridized carbons (Fsp3) is 1.00. The van der Waals surface area contributed by atoms with Gasteiger partial charge in [0.1, 0.15) is 0 Å². The number of ether oxygens (including phenoxy) is 2. The second-order valence-electron chi connectivity index (χ2n) is 3.17. The summed E-state index contributed by atoms with van der Waals surface area (Å²) in [6.45, 7) is 4.52. The molecule has 1 saturated heterocycles. The topological polar surface area (TPSA) is 30.5 Å². The predicted molar refractivity (Wildman–Crippen MR) is 48.3 cm³/mol. The van der Waals surface area contributed by atoms with E-state index < -0.39 is 0 Å². The summed E-state index contributed by atoms with van der Waals surface area (Å²) < 4.78 is 11.0. The van der Waals surface area contributed by atoms with Crippen LogP contribution in [-0.4, -0.2) is 39.0 Å². The second kappa shape index (κ2) is 5.51. The molecule has 3 nitrogen and oxygen atoms in total. The Morgan fingerprint density at radius 3 is 2.83 bits per heavy atom. The van der Waals surface area contributed by atoms with Crippen molar-refractivity contribution in [1.82, 2.24) is 5.32 Å². The maximum atomic E-state index is 5.72. The molecule has 0 aromatic heterocycles. The third-order valence-electron chi connectivity index (χ3n) is 2.14. The Hall–Kier alpha value is -0.120. The fourth-order valence-electron chi connectivity index (χ4n) is 1.53. The van der Waals surface area contributed by atoms with Crippen LogP contribution in [0.25, 0.3) is 0 Å². The van der Waals surface area contributed by atoms with Crippen molar-refractivity contribution in [3.63, 3.8) is 0 Å². The standard InChI is InChI=1S/C9H19NO2/c1-3-11-7-9-5-4-8(12-9)6-10-2/h8-10H,3-7H2,1-2H3. The Balaban J connectivity index is 2.08. The zero-order chi connectivity index (χ0) is 8.81. The van der Waals surface area contributed by atoms with Gasteiger partial charge in [-0.1, -0.05) is 0 Å². The summed E-state index contributed by atoms with van der Waals surface area (Å²) in [5.74, 6) is 0. The molecule has 2 atom stereocenters. The summed E-state index contributed by atoms with van der Waals surface area (Å²) in [6, 6.07) is 0. The predicted octanol–water partition coefficient (Wildman–Crippen LogP) is 0.790. The lowest BCUT2D eigenvalue weighted by Crippen LogP contribution is -2.25. The van der Waals surface area contributed by atoms with E-state index >= 15 is 0 Å². The van der Waals surface area contributed by atoms with Crippen molar-refractivity contribution < 1.29 is 9.47 Å². The van der Waals surface area contributed by atoms with E-state index in [1.807, 2.05) is 14.0 Å². The summed E-state index contributed by atoms with van der Waals surface area (Å²) >= 11 is 0. The van der Waals surface area contributed by atoms with E-state index in [-0.39, 0.29) is 0 Å². The zero-order valence-corrected chi connectivity index (χ0v) is 8.01. The first-order valence-electron chi connectivity index (χ1n) is 4.74. The summed E-state index contributed by atoms with van der Waals surface area (Å²) in [4.78, 5) is 0. The van der Waals surface area contributed by atoms with Crippen LogP contribution in [0.5, 0.6) is 0 Å². The quantitative estimate of drug-likeness (QED) is 0.666. The highest BCUT2D eigenvalue weighted by atomic mass is 16.5. The van der Waals surface area contributed by atoms with Crippen molar-refractivity contribution in [2.75, 3.05) is 26.8 Å². The van der Waals surface area contributed by atoms with Gasteiger partial charge in [0.2, 0.25) is 0 Å². The lowest BCUT2D eigenvalue weighted by Gasteiger charge is -2.12. The molecule has 0 aliphatic carbocycles. The molecule has 1 rings (SSSR count). The van der Waals surface area contributed by atoms with E-state index in [1.54, 1.807) is 0 Å². The van der Waals surface area contributed by atoms with Crippen molar-refractivity contribution in [3.8, 4) is 0 Å². The average molecular weight is 173 g/mol. The minimum atomic E-state index is 0.336. The van der Waals surface area contributed by atoms with Crippen molar-refractivity contribution in [2.45, 2.75) is 32.0 Å². The largest absolute Gasteiger partial charge is 0.379 e. The highest BCUT2D eigenvalue weighted by Gasteiger charge is 2.24. The molecule has 1 aliphatic rings. The van der Waals surface area contributed by atoms with E-state index in [0.717, 1.165) is 26.2 Å². The van der Waals surface area contributed by atoms with Crippen LogP contribution in [0.1, 0.15) is 19.8 Å². The number of nitrogens with one attached hydrogen (secondary N) is 1. The SMILES string of the molecule is CCOCC1CCC(CNC)O1. The van der Waals surface area contributed by atoms with Gasteiger partial charge in [-0.3, -0.25) is 0 Å². The number of hydrogen-bond donors (Lipinski definition) is 1. The lowest BCUT2D eigenvalue weighted by molar-refractivity contribution is -0.0108. The molecule has 1 N–H and O–H groups in total. The third kappa shape index (κ3) is 3.09. The minimum absolute atomic E-state index is 0.336. The van der Waals surface area contributed by atoms with Gasteiger partial charge in [0.25, 0.3) is 0 Å². The molecule has 1 fully saturated rings. The Kier molecular flexibility index (Phi) is 4.58. The van der Waals surface area contributed by atoms with E-state index in [9.17, 15) is 0 Å². The zero-order valence-electron chi connectivity index (χ0n) is 8.01. The van der Waals surface area contributed by atoms with Gasteiger partial charge in [0, 0.05) is 13.2 Å². The summed E-state index contributed by atoms with van der Waals surface area (Å²) in [6.07, 6.45) is 3.05. The van der Waals surface area contributed by atoms with Crippen molar-refractivity contribution in [2.24, 2.45) is 0 Å². The smallest absolute Gasteiger partial charge is 0.0813 e. The summed E-state index contributed by atoms with van der Waals surface area (Å²) in [5.41, 5.74) is 0. The van der Waals surface area contributed by atoms with Crippen LogP contribution in [-0.2, 0) is 9.47 Å². The Bertz CT molecular complexity index is 119. The number of hydrogen-bond acceptors (Lipinski definition) is 3.